The number of hydrogen-bond acceptors (Lipinski definition) is 3. The molecular weight excluding hydrogens is 269 g/mol. The van der Waals surface area contributed by atoms with Crippen molar-refractivity contribution in [2.24, 2.45) is 5.73 Å². The number of carbonyl (C=O) groups is 1. The minimum absolute atomic E-state index is 0.0486. The van der Waals surface area contributed by atoms with E-state index in [0.29, 0.717) is 12.4 Å². The van der Waals surface area contributed by atoms with Crippen LogP contribution in [0.4, 0.5) is 10.2 Å². The normalized spacial score (nSPS) is 10.3. The van der Waals surface area contributed by atoms with Gasteiger partial charge in [0.05, 0.1) is 10.6 Å². The van der Waals surface area contributed by atoms with E-state index >= 15 is 0 Å². The van der Waals surface area contributed by atoms with Crippen LogP contribution in [0.15, 0.2) is 36.5 Å². The van der Waals surface area contributed by atoms with Crippen LogP contribution in [0.25, 0.3) is 0 Å². The van der Waals surface area contributed by atoms with Crippen molar-refractivity contribution >= 4 is 23.3 Å². The van der Waals surface area contributed by atoms with Gasteiger partial charge in [0.15, 0.2) is 0 Å². The van der Waals surface area contributed by atoms with Crippen LogP contribution >= 0.6 is 11.6 Å². The number of rotatable bonds is 3. The molecule has 0 atom stereocenters. The molecule has 2 aromatic rings. The van der Waals surface area contributed by atoms with Gasteiger partial charge in [0, 0.05) is 12.7 Å². The van der Waals surface area contributed by atoms with Gasteiger partial charge in [-0.3, -0.25) is 4.79 Å². The number of pyridine rings is 1. The van der Waals surface area contributed by atoms with Crippen LogP contribution in [0.5, 0.6) is 0 Å². The molecule has 0 saturated heterocycles. The third kappa shape index (κ3) is 3.07. The van der Waals surface area contributed by atoms with E-state index in [1.165, 1.54) is 24.4 Å². The molecule has 0 aliphatic rings. The number of anilines is 1. The van der Waals surface area contributed by atoms with E-state index in [1.807, 2.05) is 0 Å². The number of nitrogens with two attached hydrogens (primary N) is 1. The first-order valence-electron chi connectivity index (χ1n) is 5.52. The average molecular weight is 280 g/mol. The number of halogens is 2. The van der Waals surface area contributed by atoms with Crippen molar-refractivity contribution in [3.8, 4) is 0 Å². The smallest absolute Gasteiger partial charge is 0.261 e. The topological polar surface area (TPSA) is 68.0 Å². The number of nitrogens with zero attached hydrogens (tertiary/aromatic N) is 1. The number of benzene rings is 1. The molecular formula is C13H11ClFN3O. The summed E-state index contributed by atoms with van der Waals surface area (Å²) in [6.45, 7) is 0.325. The zero-order valence-corrected chi connectivity index (χ0v) is 10.6. The Labute approximate surface area is 114 Å². The molecule has 2 rings (SSSR count). The summed E-state index contributed by atoms with van der Waals surface area (Å²) >= 11 is 5.81. The highest BCUT2D eigenvalue weighted by atomic mass is 35.5. The van der Waals surface area contributed by atoms with E-state index < -0.39 is 11.7 Å². The summed E-state index contributed by atoms with van der Waals surface area (Å²) in [6, 6.07) is 7.40. The summed E-state index contributed by atoms with van der Waals surface area (Å²) in [6.07, 6.45) is 1.51. The molecule has 1 aromatic carbocycles. The Hall–Kier alpha value is -1.98. The highest BCUT2D eigenvalue weighted by Crippen LogP contribution is 2.20. The van der Waals surface area contributed by atoms with Gasteiger partial charge in [0.2, 0.25) is 0 Å². The predicted octanol–water partition coefficient (Wildman–Crippen LogP) is 2.59. The second kappa shape index (κ2) is 5.77. The van der Waals surface area contributed by atoms with Gasteiger partial charge in [-0.15, -0.1) is 0 Å². The Morgan fingerprint density at radius 2 is 2.21 bits per heavy atom. The quantitative estimate of drug-likeness (QED) is 0.907. The largest absolute Gasteiger partial charge is 0.326 e. The standard InChI is InChI=1S/C13H11ClFN3O/c14-9-2-1-3-10(15)12(9)13(19)18-11-6-8(7-16)4-5-17-11/h1-6H,7,16H2,(H,17,18,19). The summed E-state index contributed by atoms with van der Waals surface area (Å²) in [5.74, 6) is -1.03. The van der Waals surface area contributed by atoms with Crippen molar-refractivity contribution in [1.82, 2.24) is 4.98 Å². The second-order valence-corrected chi connectivity index (χ2v) is 4.21. The van der Waals surface area contributed by atoms with E-state index in [9.17, 15) is 9.18 Å². The third-order valence-corrected chi connectivity index (χ3v) is 2.81. The van der Waals surface area contributed by atoms with E-state index in [1.54, 1.807) is 12.1 Å². The Bertz CT molecular complexity index is 598. The van der Waals surface area contributed by atoms with Gasteiger partial charge in [-0.1, -0.05) is 17.7 Å². The summed E-state index contributed by atoms with van der Waals surface area (Å²) < 4.78 is 13.6. The number of nitrogens with one attached hydrogen (secondary N) is 1. The summed E-state index contributed by atoms with van der Waals surface area (Å²) in [5, 5.41) is 2.53. The number of carbonyl (C=O) groups excluding carboxylic acids is 1. The molecule has 0 aliphatic carbocycles. The van der Waals surface area contributed by atoms with Gasteiger partial charge in [0.1, 0.15) is 11.6 Å². The number of amides is 1. The van der Waals surface area contributed by atoms with Crippen molar-refractivity contribution in [2.75, 3.05) is 5.32 Å². The van der Waals surface area contributed by atoms with Crippen LogP contribution in [-0.4, -0.2) is 10.9 Å². The zero-order valence-electron chi connectivity index (χ0n) is 9.86. The average Bonchev–Trinajstić information content (AvgIpc) is 2.38. The van der Waals surface area contributed by atoms with Crippen molar-refractivity contribution in [2.45, 2.75) is 6.54 Å². The van der Waals surface area contributed by atoms with Gasteiger partial charge in [-0.05, 0) is 29.8 Å². The molecule has 1 aromatic heterocycles. The predicted molar refractivity (Wildman–Crippen MR) is 71.5 cm³/mol. The fourth-order valence-electron chi connectivity index (χ4n) is 1.56. The second-order valence-electron chi connectivity index (χ2n) is 3.80. The number of hydrogen-bond donors (Lipinski definition) is 2. The van der Waals surface area contributed by atoms with E-state index in [4.69, 9.17) is 17.3 Å². The minimum Gasteiger partial charge on any atom is -0.326 e. The monoisotopic (exact) mass is 279 g/mol. The van der Waals surface area contributed by atoms with Gasteiger partial charge in [-0.2, -0.15) is 0 Å². The highest BCUT2D eigenvalue weighted by Gasteiger charge is 2.16. The third-order valence-electron chi connectivity index (χ3n) is 2.49. The molecule has 1 amide bonds. The lowest BCUT2D eigenvalue weighted by Gasteiger charge is -2.07. The SMILES string of the molecule is NCc1ccnc(NC(=O)c2c(F)cccc2Cl)c1. The lowest BCUT2D eigenvalue weighted by Crippen LogP contribution is -2.15. The lowest BCUT2D eigenvalue weighted by atomic mass is 10.2. The van der Waals surface area contributed by atoms with Crippen LogP contribution in [0.3, 0.4) is 0 Å². The summed E-state index contributed by atoms with van der Waals surface area (Å²) in [4.78, 5) is 15.9. The zero-order chi connectivity index (χ0) is 13.8. The molecule has 19 heavy (non-hydrogen) atoms. The Balaban J connectivity index is 2.26. The molecule has 0 spiro atoms. The van der Waals surface area contributed by atoms with Gasteiger partial charge in [0.25, 0.3) is 5.91 Å². The molecule has 0 aliphatic heterocycles. The Morgan fingerprint density at radius 1 is 1.42 bits per heavy atom. The molecule has 0 unspecified atom stereocenters. The molecule has 0 saturated carbocycles. The van der Waals surface area contributed by atoms with Crippen LogP contribution in [-0.2, 0) is 6.54 Å². The highest BCUT2D eigenvalue weighted by molar-refractivity contribution is 6.34. The maximum atomic E-state index is 13.6. The Morgan fingerprint density at radius 3 is 2.89 bits per heavy atom. The van der Waals surface area contributed by atoms with Gasteiger partial charge < -0.3 is 11.1 Å². The van der Waals surface area contributed by atoms with Gasteiger partial charge >= 0.3 is 0 Å². The fourth-order valence-corrected chi connectivity index (χ4v) is 1.81. The molecule has 3 N–H and O–H groups in total. The first kappa shape index (κ1) is 13.5. The molecule has 6 heteroatoms. The van der Waals surface area contributed by atoms with Crippen molar-refractivity contribution < 1.29 is 9.18 Å². The van der Waals surface area contributed by atoms with Crippen molar-refractivity contribution in [3.63, 3.8) is 0 Å². The molecule has 0 fully saturated rings. The van der Waals surface area contributed by atoms with Crippen LogP contribution in [0, 0.1) is 5.82 Å². The minimum atomic E-state index is -0.681. The number of aromatic nitrogens is 1. The van der Waals surface area contributed by atoms with Crippen molar-refractivity contribution in [3.05, 3.63) is 58.5 Å². The molecule has 1 heterocycles. The van der Waals surface area contributed by atoms with Crippen LogP contribution < -0.4 is 11.1 Å². The van der Waals surface area contributed by atoms with Crippen molar-refractivity contribution in [1.29, 1.82) is 0 Å². The maximum absolute atomic E-state index is 13.6. The summed E-state index contributed by atoms with van der Waals surface area (Å²) in [7, 11) is 0. The molecule has 0 bridgehead atoms. The lowest BCUT2D eigenvalue weighted by molar-refractivity contribution is 0.102. The van der Waals surface area contributed by atoms with E-state index in [2.05, 4.69) is 10.3 Å². The van der Waals surface area contributed by atoms with Crippen LogP contribution in [0.2, 0.25) is 5.02 Å². The van der Waals surface area contributed by atoms with E-state index in [-0.39, 0.29) is 10.6 Å². The summed E-state index contributed by atoms with van der Waals surface area (Å²) in [5.41, 5.74) is 6.09. The van der Waals surface area contributed by atoms with E-state index in [0.717, 1.165) is 5.56 Å². The van der Waals surface area contributed by atoms with Gasteiger partial charge in [-0.25, -0.2) is 9.37 Å². The molecule has 0 radical (unpaired) electrons. The molecule has 98 valence electrons. The first-order valence-corrected chi connectivity index (χ1v) is 5.90. The fraction of sp³-hybridized carbons (Fsp3) is 0.0769. The first-order chi connectivity index (χ1) is 9.11. The van der Waals surface area contributed by atoms with Crippen LogP contribution in [0.1, 0.15) is 15.9 Å². The maximum Gasteiger partial charge on any atom is 0.261 e. The molecule has 4 nitrogen and oxygen atoms in total. The Kier molecular flexibility index (Phi) is 4.09.